The molecule has 3 rings (SSSR count). The van der Waals surface area contributed by atoms with E-state index in [1.807, 2.05) is 35.2 Å². The third-order valence-corrected chi connectivity index (χ3v) is 4.09. The number of benzene rings is 1. The lowest BCUT2D eigenvalue weighted by Crippen LogP contribution is -2.41. The number of halogens is 3. The Bertz CT molecular complexity index is 493. The van der Waals surface area contributed by atoms with E-state index >= 15 is 0 Å². The molecule has 0 aromatic heterocycles. The van der Waals surface area contributed by atoms with Crippen LogP contribution in [-0.2, 0) is 20.9 Å². The van der Waals surface area contributed by atoms with Crippen LogP contribution in [0.3, 0.4) is 0 Å². The molecule has 2 aliphatic heterocycles. The summed E-state index contributed by atoms with van der Waals surface area (Å²) >= 11 is 17.0. The largest absolute Gasteiger partial charge is 0.440 e. The van der Waals surface area contributed by atoms with Crippen LogP contribution in [0, 0.1) is 0 Å². The van der Waals surface area contributed by atoms with Gasteiger partial charge in [-0.05, 0) is 18.4 Å². The summed E-state index contributed by atoms with van der Waals surface area (Å²) < 4.78 is 8.36. The Balaban J connectivity index is 0.000000172. The van der Waals surface area contributed by atoms with Crippen LogP contribution in [0.2, 0.25) is 0 Å². The molecule has 122 valence electrons. The molecule has 2 heterocycles. The monoisotopic (exact) mass is 365 g/mol. The standard InChI is InChI=1S/C8H10O.C7H8Cl3NO2/c1-9-7-8-5-3-2-4-6-8;8-7(9,10)6-11-3-1-2-4(11)5(12)13-6/h2-6H,7H2,1H3;4,6H,1-3H2. The summed E-state index contributed by atoms with van der Waals surface area (Å²) in [4.78, 5) is 13.1. The first kappa shape index (κ1) is 17.8. The van der Waals surface area contributed by atoms with E-state index in [9.17, 15) is 4.79 Å². The molecule has 22 heavy (non-hydrogen) atoms. The zero-order valence-corrected chi connectivity index (χ0v) is 14.4. The van der Waals surface area contributed by atoms with Gasteiger partial charge in [0, 0.05) is 13.7 Å². The van der Waals surface area contributed by atoms with Crippen molar-refractivity contribution in [3.8, 4) is 0 Å². The van der Waals surface area contributed by atoms with Crippen LogP contribution in [0.1, 0.15) is 18.4 Å². The predicted molar refractivity (Wildman–Crippen MR) is 87.1 cm³/mol. The number of carbonyl (C=O) groups excluding carboxylic acids is 1. The van der Waals surface area contributed by atoms with E-state index in [2.05, 4.69) is 0 Å². The van der Waals surface area contributed by atoms with Gasteiger partial charge in [0.05, 0.1) is 6.61 Å². The van der Waals surface area contributed by atoms with Crippen molar-refractivity contribution in [2.75, 3.05) is 13.7 Å². The number of hydrogen-bond donors (Lipinski definition) is 0. The predicted octanol–water partition coefficient (Wildman–Crippen LogP) is 3.54. The normalized spacial score (nSPS) is 24.5. The highest BCUT2D eigenvalue weighted by Crippen LogP contribution is 2.41. The Labute approximate surface area is 145 Å². The van der Waals surface area contributed by atoms with Crippen molar-refractivity contribution in [3.63, 3.8) is 0 Å². The Hall–Kier alpha value is -0.520. The second-order valence-electron chi connectivity index (χ2n) is 5.15. The van der Waals surface area contributed by atoms with Crippen molar-refractivity contribution in [1.29, 1.82) is 0 Å². The van der Waals surface area contributed by atoms with E-state index in [1.165, 1.54) is 5.56 Å². The number of rotatable bonds is 2. The fourth-order valence-electron chi connectivity index (χ4n) is 2.57. The fraction of sp³-hybridized carbons (Fsp3) is 0.533. The number of esters is 1. The molecule has 2 aliphatic rings. The number of carbonyl (C=O) groups is 1. The summed E-state index contributed by atoms with van der Waals surface area (Å²) in [6.45, 7) is 1.47. The molecule has 0 saturated carbocycles. The summed E-state index contributed by atoms with van der Waals surface area (Å²) in [5, 5.41) is 0. The molecule has 0 N–H and O–H groups in total. The molecule has 1 aromatic carbocycles. The Morgan fingerprint density at radius 2 is 2.00 bits per heavy atom. The molecule has 0 bridgehead atoms. The zero-order valence-electron chi connectivity index (χ0n) is 12.2. The average molecular weight is 367 g/mol. The van der Waals surface area contributed by atoms with Gasteiger partial charge in [0.1, 0.15) is 6.04 Å². The second kappa shape index (κ2) is 7.84. The minimum Gasteiger partial charge on any atom is -0.440 e. The highest BCUT2D eigenvalue weighted by molar-refractivity contribution is 6.68. The van der Waals surface area contributed by atoms with Crippen molar-refractivity contribution >= 4 is 40.8 Å². The molecule has 1 aromatic rings. The van der Waals surface area contributed by atoms with Crippen molar-refractivity contribution in [1.82, 2.24) is 4.90 Å². The van der Waals surface area contributed by atoms with Gasteiger partial charge in [-0.2, -0.15) is 0 Å². The average Bonchev–Trinajstić information content (AvgIpc) is 3.05. The summed E-state index contributed by atoms with van der Waals surface area (Å²) in [6.07, 6.45) is 1.05. The van der Waals surface area contributed by atoms with E-state index < -0.39 is 10.0 Å². The molecule has 2 atom stereocenters. The lowest BCUT2D eigenvalue weighted by Gasteiger charge is -2.25. The van der Waals surface area contributed by atoms with E-state index in [-0.39, 0.29) is 12.0 Å². The zero-order chi connectivity index (χ0) is 16.2. The number of nitrogens with zero attached hydrogens (tertiary/aromatic N) is 1. The van der Waals surface area contributed by atoms with Crippen LogP contribution in [0.4, 0.5) is 0 Å². The highest BCUT2D eigenvalue weighted by atomic mass is 35.6. The smallest absolute Gasteiger partial charge is 0.325 e. The minimum atomic E-state index is -1.55. The van der Waals surface area contributed by atoms with Crippen molar-refractivity contribution in [2.45, 2.75) is 35.5 Å². The number of hydrogen-bond acceptors (Lipinski definition) is 4. The van der Waals surface area contributed by atoms with E-state index in [4.69, 9.17) is 44.3 Å². The van der Waals surface area contributed by atoms with Crippen molar-refractivity contribution < 1.29 is 14.3 Å². The Morgan fingerprint density at radius 3 is 2.59 bits per heavy atom. The van der Waals surface area contributed by atoms with Gasteiger partial charge >= 0.3 is 5.97 Å². The van der Waals surface area contributed by atoms with Gasteiger partial charge < -0.3 is 9.47 Å². The van der Waals surface area contributed by atoms with Gasteiger partial charge in [0.25, 0.3) is 0 Å². The van der Waals surface area contributed by atoms with Crippen LogP contribution in [-0.4, -0.2) is 40.6 Å². The number of fused-ring (bicyclic) bond motifs is 1. The summed E-state index contributed by atoms with van der Waals surface area (Å²) in [6, 6.07) is 9.91. The van der Waals surface area contributed by atoms with Crippen LogP contribution in [0.15, 0.2) is 30.3 Å². The lowest BCUT2D eigenvalue weighted by molar-refractivity contribution is -0.142. The first-order chi connectivity index (χ1) is 10.4. The highest BCUT2D eigenvalue weighted by Gasteiger charge is 2.52. The first-order valence-electron chi connectivity index (χ1n) is 6.99. The maximum atomic E-state index is 11.3. The van der Waals surface area contributed by atoms with Gasteiger partial charge in [-0.1, -0.05) is 65.1 Å². The van der Waals surface area contributed by atoms with E-state index in [1.54, 1.807) is 7.11 Å². The summed E-state index contributed by atoms with van der Waals surface area (Å²) in [5.74, 6) is -0.270. The Morgan fingerprint density at radius 1 is 1.32 bits per heavy atom. The number of cyclic esters (lactones) is 1. The third kappa shape index (κ3) is 4.49. The Kier molecular flexibility index (Phi) is 6.36. The molecule has 7 heteroatoms. The number of methoxy groups -OCH3 is 1. The van der Waals surface area contributed by atoms with Gasteiger partial charge in [0.15, 0.2) is 0 Å². The minimum absolute atomic E-state index is 0.194. The third-order valence-electron chi connectivity index (χ3n) is 3.53. The summed E-state index contributed by atoms with van der Waals surface area (Å²) in [7, 11) is 1.70. The van der Waals surface area contributed by atoms with Crippen molar-refractivity contribution in [3.05, 3.63) is 35.9 Å². The molecular formula is C15H18Cl3NO3. The van der Waals surface area contributed by atoms with Crippen LogP contribution < -0.4 is 0 Å². The summed E-state index contributed by atoms with van der Waals surface area (Å²) in [5.41, 5.74) is 1.22. The molecule has 2 fully saturated rings. The SMILES string of the molecule is COCc1ccccc1.O=C1OC(C(Cl)(Cl)Cl)N2CCCC12. The molecule has 2 unspecified atom stereocenters. The number of ether oxygens (including phenoxy) is 2. The van der Waals surface area contributed by atoms with E-state index in [0.29, 0.717) is 6.61 Å². The first-order valence-corrected chi connectivity index (χ1v) is 8.12. The van der Waals surface area contributed by atoms with Gasteiger partial charge in [-0.25, -0.2) is 0 Å². The van der Waals surface area contributed by atoms with Gasteiger partial charge in [-0.3, -0.25) is 9.69 Å². The van der Waals surface area contributed by atoms with Gasteiger partial charge in [-0.15, -0.1) is 0 Å². The molecule has 0 spiro atoms. The van der Waals surface area contributed by atoms with Crippen LogP contribution in [0.5, 0.6) is 0 Å². The molecule has 0 radical (unpaired) electrons. The molecule has 2 saturated heterocycles. The van der Waals surface area contributed by atoms with Crippen LogP contribution in [0.25, 0.3) is 0 Å². The number of alkyl halides is 3. The lowest BCUT2D eigenvalue weighted by atomic mass is 10.2. The van der Waals surface area contributed by atoms with E-state index in [0.717, 1.165) is 19.4 Å². The molecular weight excluding hydrogens is 349 g/mol. The topological polar surface area (TPSA) is 38.8 Å². The second-order valence-corrected chi connectivity index (χ2v) is 7.51. The van der Waals surface area contributed by atoms with Crippen molar-refractivity contribution in [2.24, 2.45) is 0 Å². The maximum Gasteiger partial charge on any atom is 0.325 e. The molecule has 4 nitrogen and oxygen atoms in total. The quantitative estimate of drug-likeness (QED) is 0.593. The van der Waals surface area contributed by atoms with Crippen LogP contribution >= 0.6 is 34.8 Å². The fourth-order valence-corrected chi connectivity index (χ4v) is 3.08. The maximum absolute atomic E-state index is 11.3. The molecule has 0 amide bonds. The van der Waals surface area contributed by atoms with Gasteiger partial charge in [0.2, 0.25) is 10.0 Å². The molecule has 0 aliphatic carbocycles.